The normalized spacial score (nSPS) is 12.2. The Morgan fingerprint density at radius 1 is 1.29 bits per heavy atom. The SMILES string of the molecule is CCCC(C)C(=O)CCCC(=O)OC. The van der Waals surface area contributed by atoms with E-state index in [1.165, 1.54) is 7.11 Å². The minimum Gasteiger partial charge on any atom is -0.469 e. The van der Waals surface area contributed by atoms with Crippen molar-refractivity contribution in [3.63, 3.8) is 0 Å². The van der Waals surface area contributed by atoms with Crippen molar-refractivity contribution in [3.8, 4) is 0 Å². The van der Waals surface area contributed by atoms with Gasteiger partial charge in [-0.3, -0.25) is 9.59 Å². The molecule has 0 N–H and O–H groups in total. The maximum Gasteiger partial charge on any atom is 0.305 e. The minimum absolute atomic E-state index is 0.137. The third-order valence-corrected chi connectivity index (χ3v) is 2.30. The molecule has 1 unspecified atom stereocenters. The monoisotopic (exact) mass is 200 g/mol. The number of rotatable bonds is 7. The van der Waals surface area contributed by atoms with Gasteiger partial charge in [-0.15, -0.1) is 0 Å². The van der Waals surface area contributed by atoms with E-state index in [0.29, 0.717) is 19.3 Å². The van der Waals surface area contributed by atoms with E-state index in [1.807, 2.05) is 6.92 Å². The molecule has 0 heterocycles. The fraction of sp³-hybridized carbons (Fsp3) is 0.818. The number of carbonyl (C=O) groups excluding carboxylic acids is 2. The van der Waals surface area contributed by atoms with Gasteiger partial charge in [-0.05, 0) is 12.8 Å². The molecule has 14 heavy (non-hydrogen) atoms. The summed E-state index contributed by atoms with van der Waals surface area (Å²) in [5, 5.41) is 0. The third kappa shape index (κ3) is 5.73. The molecule has 3 heteroatoms. The van der Waals surface area contributed by atoms with E-state index < -0.39 is 0 Å². The molecular formula is C11H20O3. The van der Waals surface area contributed by atoms with Gasteiger partial charge >= 0.3 is 5.97 Å². The van der Waals surface area contributed by atoms with Gasteiger partial charge in [0, 0.05) is 18.8 Å². The van der Waals surface area contributed by atoms with Crippen molar-refractivity contribution in [2.45, 2.75) is 46.0 Å². The Bertz CT molecular complexity index is 187. The topological polar surface area (TPSA) is 43.4 Å². The Hall–Kier alpha value is -0.860. The molecule has 0 spiro atoms. The van der Waals surface area contributed by atoms with Crippen LogP contribution < -0.4 is 0 Å². The van der Waals surface area contributed by atoms with Crippen molar-refractivity contribution in [3.05, 3.63) is 0 Å². The zero-order valence-corrected chi connectivity index (χ0v) is 9.34. The van der Waals surface area contributed by atoms with Crippen LogP contribution in [0.2, 0.25) is 0 Å². The molecule has 0 aliphatic rings. The summed E-state index contributed by atoms with van der Waals surface area (Å²) in [6.45, 7) is 4.02. The minimum atomic E-state index is -0.235. The van der Waals surface area contributed by atoms with Crippen LogP contribution in [0.25, 0.3) is 0 Å². The molecule has 0 saturated carbocycles. The first-order valence-corrected chi connectivity index (χ1v) is 5.21. The molecule has 1 atom stereocenters. The van der Waals surface area contributed by atoms with Crippen LogP contribution in [0, 0.1) is 5.92 Å². The number of hydrogen-bond acceptors (Lipinski definition) is 3. The number of hydrogen-bond donors (Lipinski definition) is 0. The lowest BCUT2D eigenvalue weighted by molar-refractivity contribution is -0.140. The molecule has 82 valence electrons. The Labute approximate surface area is 85.8 Å². The van der Waals surface area contributed by atoms with E-state index in [-0.39, 0.29) is 17.7 Å². The second-order valence-electron chi connectivity index (χ2n) is 3.59. The molecule has 3 nitrogen and oxygen atoms in total. The summed E-state index contributed by atoms with van der Waals surface area (Å²) < 4.78 is 4.49. The highest BCUT2D eigenvalue weighted by Gasteiger charge is 2.12. The van der Waals surface area contributed by atoms with Crippen molar-refractivity contribution in [1.82, 2.24) is 0 Å². The largest absolute Gasteiger partial charge is 0.469 e. The summed E-state index contributed by atoms with van der Waals surface area (Å²) in [7, 11) is 1.36. The molecule has 0 aliphatic carbocycles. The fourth-order valence-corrected chi connectivity index (χ4v) is 1.35. The first kappa shape index (κ1) is 13.1. The lowest BCUT2D eigenvalue weighted by Gasteiger charge is -2.07. The van der Waals surface area contributed by atoms with Gasteiger partial charge in [-0.25, -0.2) is 0 Å². The van der Waals surface area contributed by atoms with Crippen LogP contribution in [0.3, 0.4) is 0 Å². The van der Waals surface area contributed by atoms with Crippen LogP contribution in [0.4, 0.5) is 0 Å². The lowest BCUT2D eigenvalue weighted by Crippen LogP contribution is -2.11. The molecule has 0 rings (SSSR count). The van der Waals surface area contributed by atoms with Crippen molar-refractivity contribution >= 4 is 11.8 Å². The summed E-state index contributed by atoms with van der Waals surface area (Å²) in [5.74, 6) is 0.161. The summed E-state index contributed by atoms with van der Waals surface area (Å²) >= 11 is 0. The van der Waals surface area contributed by atoms with E-state index in [1.54, 1.807) is 0 Å². The third-order valence-electron chi connectivity index (χ3n) is 2.30. The molecule has 0 bridgehead atoms. The van der Waals surface area contributed by atoms with E-state index in [2.05, 4.69) is 11.7 Å². The fourth-order valence-electron chi connectivity index (χ4n) is 1.35. The van der Waals surface area contributed by atoms with Crippen LogP contribution in [0.5, 0.6) is 0 Å². The van der Waals surface area contributed by atoms with Crippen LogP contribution in [-0.4, -0.2) is 18.9 Å². The molecular weight excluding hydrogens is 180 g/mol. The second-order valence-corrected chi connectivity index (χ2v) is 3.59. The molecule has 0 fully saturated rings. The molecule has 0 saturated heterocycles. The number of esters is 1. The number of ketones is 1. The van der Waals surface area contributed by atoms with Crippen LogP contribution >= 0.6 is 0 Å². The van der Waals surface area contributed by atoms with Gasteiger partial charge in [0.15, 0.2) is 0 Å². The maximum absolute atomic E-state index is 11.5. The predicted molar refractivity (Wildman–Crippen MR) is 54.9 cm³/mol. The van der Waals surface area contributed by atoms with E-state index in [9.17, 15) is 9.59 Å². The average molecular weight is 200 g/mol. The van der Waals surface area contributed by atoms with E-state index >= 15 is 0 Å². The van der Waals surface area contributed by atoms with Crippen LogP contribution in [0.1, 0.15) is 46.0 Å². The van der Waals surface area contributed by atoms with Gasteiger partial charge < -0.3 is 4.74 Å². The highest BCUT2D eigenvalue weighted by molar-refractivity contribution is 5.81. The summed E-state index contributed by atoms with van der Waals surface area (Å²) in [6, 6.07) is 0. The highest BCUT2D eigenvalue weighted by Crippen LogP contribution is 2.11. The highest BCUT2D eigenvalue weighted by atomic mass is 16.5. The molecule has 0 aromatic carbocycles. The second kappa shape index (κ2) is 7.54. The Kier molecular flexibility index (Phi) is 7.07. The molecule has 0 aromatic rings. The van der Waals surface area contributed by atoms with Crippen molar-refractivity contribution in [2.24, 2.45) is 5.92 Å². The zero-order chi connectivity index (χ0) is 11.0. The van der Waals surface area contributed by atoms with Gasteiger partial charge in [0.25, 0.3) is 0 Å². The van der Waals surface area contributed by atoms with Gasteiger partial charge in [0.05, 0.1) is 7.11 Å². The smallest absolute Gasteiger partial charge is 0.305 e. The Morgan fingerprint density at radius 3 is 2.43 bits per heavy atom. The molecule has 0 radical (unpaired) electrons. The summed E-state index contributed by atoms with van der Waals surface area (Å²) in [5.41, 5.74) is 0. The van der Waals surface area contributed by atoms with Crippen molar-refractivity contribution < 1.29 is 14.3 Å². The first-order valence-electron chi connectivity index (χ1n) is 5.21. The Balaban J connectivity index is 3.58. The van der Waals surface area contributed by atoms with Crippen LogP contribution in [0.15, 0.2) is 0 Å². The van der Waals surface area contributed by atoms with Crippen molar-refractivity contribution in [1.29, 1.82) is 0 Å². The van der Waals surface area contributed by atoms with Gasteiger partial charge in [-0.2, -0.15) is 0 Å². The van der Waals surface area contributed by atoms with Crippen molar-refractivity contribution in [2.75, 3.05) is 7.11 Å². The standard InChI is InChI=1S/C11H20O3/c1-4-6-9(2)10(12)7-5-8-11(13)14-3/h9H,4-8H2,1-3H3. The quantitative estimate of drug-likeness (QED) is 0.592. The zero-order valence-electron chi connectivity index (χ0n) is 9.34. The maximum atomic E-state index is 11.5. The lowest BCUT2D eigenvalue weighted by atomic mass is 9.97. The summed E-state index contributed by atoms with van der Waals surface area (Å²) in [4.78, 5) is 22.2. The van der Waals surface area contributed by atoms with Gasteiger partial charge in [0.1, 0.15) is 5.78 Å². The molecule has 0 aromatic heterocycles. The number of Topliss-reactive ketones (excluding diaryl/α,β-unsaturated/α-hetero) is 1. The van der Waals surface area contributed by atoms with E-state index in [0.717, 1.165) is 12.8 Å². The van der Waals surface area contributed by atoms with Gasteiger partial charge in [-0.1, -0.05) is 20.3 Å². The molecule has 0 amide bonds. The van der Waals surface area contributed by atoms with Crippen LogP contribution in [-0.2, 0) is 14.3 Å². The Morgan fingerprint density at radius 2 is 1.93 bits per heavy atom. The van der Waals surface area contributed by atoms with Gasteiger partial charge in [0.2, 0.25) is 0 Å². The number of methoxy groups -OCH3 is 1. The predicted octanol–water partition coefficient (Wildman–Crippen LogP) is 2.33. The molecule has 0 aliphatic heterocycles. The average Bonchev–Trinajstić information content (AvgIpc) is 2.17. The first-order chi connectivity index (χ1) is 6.61. The van der Waals surface area contributed by atoms with E-state index in [4.69, 9.17) is 0 Å². The number of carbonyl (C=O) groups is 2. The number of ether oxygens (including phenoxy) is 1. The summed E-state index contributed by atoms with van der Waals surface area (Å²) in [6.07, 6.45) is 3.43.